The van der Waals surface area contributed by atoms with Gasteiger partial charge in [0.1, 0.15) is 21.5 Å². The van der Waals surface area contributed by atoms with E-state index >= 15 is 0 Å². The third-order valence-electron chi connectivity index (χ3n) is 3.52. The molecule has 122 valence electrons. The molecule has 3 nitrogen and oxygen atoms in total. The molecule has 0 spiro atoms. The van der Waals surface area contributed by atoms with Crippen LogP contribution in [0.1, 0.15) is 20.9 Å². The first-order valence-electron chi connectivity index (χ1n) is 7.25. The van der Waals surface area contributed by atoms with E-state index in [1.807, 2.05) is 0 Å². The molecule has 3 rings (SSSR count). The molecule has 0 bridgehead atoms. The van der Waals surface area contributed by atoms with Gasteiger partial charge in [0.25, 0.3) is 5.91 Å². The molecule has 0 saturated heterocycles. The number of aromatic nitrogens is 1. The number of rotatable bonds is 3. The highest BCUT2D eigenvalue weighted by molar-refractivity contribution is 7.17. The molecule has 0 atom stereocenters. The molecule has 1 N–H and O–H groups in total. The zero-order valence-corrected chi connectivity index (χ0v) is 13.9. The lowest BCUT2D eigenvalue weighted by Gasteiger charge is -2.05. The third kappa shape index (κ3) is 3.33. The molecule has 0 saturated carbocycles. The summed E-state index contributed by atoms with van der Waals surface area (Å²) in [6.45, 7) is 3.39. The Balaban J connectivity index is 1.85. The maximum atomic E-state index is 13.6. The summed E-state index contributed by atoms with van der Waals surface area (Å²) in [6.07, 6.45) is 0. The average molecular weight is 344 g/mol. The number of halogens is 2. The van der Waals surface area contributed by atoms with Gasteiger partial charge in [0.15, 0.2) is 0 Å². The molecule has 1 heterocycles. The highest BCUT2D eigenvalue weighted by Crippen LogP contribution is 2.28. The normalized spacial score (nSPS) is 10.7. The Morgan fingerprint density at radius 3 is 2.46 bits per heavy atom. The van der Waals surface area contributed by atoms with Gasteiger partial charge >= 0.3 is 0 Å². The molecule has 0 radical (unpaired) electrons. The number of carbonyl (C=O) groups excluding carboxylic acids is 1. The van der Waals surface area contributed by atoms with Crippen molar-refractivity contribution in [3.05, 3.63) is 70.2 Å². The summed E-state index contributed by atoms with van der Waals surface area (Å²) in [7, 11) is 0. The first kappa shape index (κ1) is 16.3. The van der Waals surface area contributed by atoms with Crippen LogP contribution in [0.25, 0.3) is 10.6 Å². The molecule has 3 aromatic rings. The number of carbonyl (C=O) groups is 1. The number of benzene rings is 2. The molecule has 0 aliphatic carbocycles. The van der Waals surface area contributed by atoms with Crippen LogP contribution in [0.4, 0.5) is 14.5 Å². The van der Waals surface area contributed by atoms with Crippen molar-refractivity contribution < 1.29 is 13.6 Å². The molecule has 2 aromatic carbocycles. The van der Waals surface area contributed by atoms with E-state index in [2.05, 4.69) is 10.3 Å². The quantitative estimate of drug-likeness (QED) is 0.730. The minimum absolute atomic E-state index is 0.327. The predicted octanol–water partition coefficient (Wildman–Crippen LogP) is 4.96. The summed E-state index contributed by atoms with van der Waals surface area (Å²) >= 11 is 1.21. The van der Waals surface area contributed by atoms with Crippen LogP contribution in [0.2, 0.25) is 0 Å². The molecule has 0 aliphatic heterocycles. The number of hydrogen-bond acceptors (Lipinski definition) is 3. The van der Waals surface area contributed by atoms with E-state index in [4.69, 9.17) is 0 Å². The van der Waals surface area contributed by atoms with Crippen molar-refractivity contribution in [2.45, 2.75) is 13.8 Å². The largest absolute Gasteiger partial charge is 0.321 e. The van der Waals surface area contributed by atoms with Crippen molar-refractivity contribution >= 4 is 22.9 Å². The molecule has 24 heavy (non-hydrogen) atoms. The Kier molecular flexibility index (Phi) is 4.40. The first-order valence-corrected chi connectivity index (χ1v) is 8.06. The van der Waals surface area contributed by atoms with Crippen LogP contribution >= 0.6 is 11.3 Å². The van der Waals surface area contributed by atoms with E-state index in [9.17, 15) is 13.6 Å². The summed E-state index contributed by atoms with van der Waals surface area (Å²) in [4.78, 5) is 17.2. The minimum atomic E-state index is -0.374. The first-order chi connectivity index (χ1) is 11.4. The van der Waals surface area contributed by atoms with Gasteiger partial charge in [-0.2, -0.15) is 0 Å². The molecule has 0 fully saturated rings. The van der Waals surface area contributed by atoms with Gasteiger partial charge in [-0.1, -0.05) is 6.07 Å². The van der Waals surface area contributed by atoms with Gasteiger partial charge in [-0.15, -0.1) is 11.3 Å². The molecule has 6 heteroatoms. The number of nitrogens with zero attached hydrogens (tertiary/aromatic N) is 1. The lowest BCUT2D eigenvalue weighted by molar-refractivity contribution is 0.103. The summed E-state index contributed by atoms with van der Waals surface area (Å²) in [5.41, 5.74) is 2.22. The van der Waals surface area contributed by atoms with Gasteiger partial charge in [0.2, 0.25) is 0 Å². The summed E-state index contributed by atoms with van der Waals surface area (Å²) in [5, 5.41) is 3.30. The van der Waals surface area contributed by atoms with Crippen molar-refractivity contribution in [3.8, 4) is 10.6 Å². The van der Waals surface area contributed by atoms with Crippen molar-refractivity contribution in [3.63, 3.8) is 0 Å². The fourth-order valence-corrected chi connectivity index (χ4v) is 3.15. The fourth-order valence-electron chi connectivity index (χ4n) is 2.18. The average Bonchev–Trinajstić information content (AvgIpc) is 2.93. The predicted molar refractivity (Wildman–Crippen MR) is 91.3 cm³/mol. The van der Waals surface area contributed by atoms with Crippen molar-refractivity contribution in [2.24, 2.45) is 0 Å². The molecule has 0 aliphatic rings. The van der Waals surface area contributed by atoms with Gasteiger partial charge in [0.05, 0.1) is 5.69 Å². The minimum Gasteiger partial charge on any atom is -0.321 e. The van der Waals surface area contributed by atoms with Crippen LogP contribution in [0, 0.1) is 25.5 Å². The van der Waals surface area contributed by atoms with E-state index in [1.165, 1.54) is 29.5 Å². The fraction of sp³-hybridized carbons (Fsp3) is 0.111. The van der Waals surface area contributed by atoms with Crippen LogP contribution < -0.4 is 5.32 Å². The number of thiazole rings is 1. The van der Waals surface area contributed by atoms with Crippen LogP contribution in [0.5, 0.6) is 0 Å². The zero-order valence-electron chi connectivity index (χ0n) is 13.1. The molecular weight excluding hydrogens is 330 g/mol. The molecule has 0 unspecified atom stereocenters. The van der Waals surface area contributed by atoms with E-state index < -0.39 is 0 Å². The molecule has 1 amide bonds. The highest BCUT2D eigenvalue weighted by atomic mass is 32.1. The van der Waals surface area contributed by atoms with E-state index in [1.54, 1.807) is 38.1 Å². The Bertz CT molecular complexity index is 904. The summed E-state index contributed by atoms with van der Waals surface area (Å²) in [6, 6.07) is 10.5. The highest BCUT2D eigenvalue weighted by Gasteiger charge is 2.17. The Morgan fingerprint density at radius 2 is 1.79 bits per heavy atom. The van der Waals surface area contributed by atoms with Gasteiger partial charge in [-0.3, -0.25) is 4.79 Å². The lowest BCUT2D eigenvalue weighted by atomic mass is 10.2. The third-order valence-corrected chi connectivity index (χ3v) is 4.73. The van der Waals surface area contributed by atoms with Crippen LogP contribution in [0.15, 0.2) is 42.5 Å². The number of amides is 1. The van der Waals surface area contributed by atoms with Crippen LogP contribution in [-0.2, 0) is 0 Å². The standard InChI is InChI=1S/C18H14F2N2OS/c1-10-3-8-14(9-15(10)20)22-17(23)16-11(2)21-18(24-16)12-4-6-13(19)7-5-12/h3-9H,1-2H3,(H,22,23). The van der Waals surface area contributed by atoms with Crippen LogP contribution in [-0.4, -0.2) is 10.9 Å². The van der Waals surface area contributed by atoms with Crippen molar-refractivity contribution in [2.75, 3.05) is 5.32 Å². The van der Waals surface area contributed by atoms with Crippen molar-refractivity contribution in [1.29, 1.82) is 0 Å². The van der Waals surface area contributed by atoms with Crippen LogP contribution in [0.3, 0.4) is 0 Å². The number of hydrogen-bond donors (Lipinski definition) is 1. The maximum Gasteiger partial charge on any atom is 0.267 e. The smallest absolute Gasteiger partial charge is 0.267 e. The number of anilines is 1. The zero-order chi connectivity index (χ0) is 17.3. The number of aryl methyl sites for hydroxylation is 2. The summed E-state index contributed by atoms with van der Waals surface area (Å²) in [5.74, 6) is -1.05. The van der Waals surface area contributed by atoms with Crippen molar-refractivity contribution in [1.82, 2.24) is 4.98 Å². The lowest BCUT2D eigenvalue weighted by Crippen LogP contribution is -2.11. The second kappa shape index (κ2) is 6.49. The molecule has 1 aromatic heterocycles. The summed E-state index contributed by atoms with van der Waals surface area (Å²) < 4.78 is 26.6. The van der Waals surface area contributed by atoms with E-state index in [0.29, 0.717) is 26.8 Å². The van der Waals surface area contributed by atoms with Gasteiger partial charge < -0.3 is 5.32 Å². The Labute approximate surface area is 142 Å². The SMILES string of the molecule is Cc1ccc(NC(=O)c2sc(-c3ccc(F)cc3)nc2C)cc1F. The second-order valence-electron chi connectivity index (χ2n) is 5.36. The number of nitrogens with one attached hydrogen (secondary N) is 1. The second-order valence-corrected chi connectivity index (χ2v) is 6.36. The monoisotopic (exact) mass is 344 g/mol. The van der Waals surface area contributed by atoms with E-state index in [-0.39, 0.29) is 17.5 Å². The van der Waals surface area contributed by atoms with Gasteiger partial charge in [-0.25, -0.2) is 13.8 Å². The van der Waals surface area contributed by atoms with E-state index in [0.717, 1.165) is 5.56 Å². The maximum absolute atomic E-state index is 13.6. The Morgan fingerprint density at radius 1 is 1.08 bits per heavy atom. The van der Waals surface area contributed by atoms with Gasteiger partial charge in [-0.05, 0) is 55.8 Å². The molecular formula is C18H14F2N2OS. The Hall–Kier alpha value is -2.60. The topological polar surface area (TPSA) is 42.0 Å². The van der Waals surface area contributed by atoms with Gasteiger partial charge in [0, 0.05) is 11.3 Å².